The van der Waals surface area contributed by atoms with E-state index in [0.29, 0.717) is 5.75 Å². The van der Waals surface area contributed by atoms with Crippen LogP contribution in [0.3, 0.4) is 0 Å². The third-order valence-corrected chi connectivity index (χ3v) is 3.92. The zero-order chi connectivity index (χ0) is 10.1. The first-order chi connectivity index (χ1) is 6.74. The molecule has 0 saturated carbocycles. The van der Waals surface area contributed by atoms with Crippen LogP contribution in [-0.2, 0) is 19.4 Å². The highest BCUT2D eigenvalue weighted by Gasteiger charge is 2.18. The van der Waals surface area contributed by atoms with Crippen molar-refractivity contribution in [2.45, 2.75) is 25.8 Å². The van der Waals surface area contributed by atoms with Gasteiger partial charge in [0.05, 0.1) is 3.57 Å². The zero-order valence-corrected chi connectivity index (χ0v) is 10.4. The maximum Gasteiger partial charge on any atom is 0.133 e. The van der Waals surface area contributed by atoms with Gasteiger partial charge >= 0.3 is 0 Å². The van der Waals surface area contributed by atoms with Crippen LogP contribution < -0.4 is 5.32 Å². The third-order valence-electron chi connectivity index (χ3n) is 2.75. The van der Waals surface area contributed by atoms with E-state index in [1.807, 2.05) is 7.05 Å². The molecule has 1 aromatic carbocycles. The molecule has 0 aromatic heterocycles. The van der Waals surface area contributed by atoms with Gasteiger partial charge in [-0.2, -0.15) is 0 Å². The van der Waals surface area contributed by atoms with Crippen LogP contribution in [0.5, 0.6) is 5.75 Å². The third kappa shape index (κ3) is 1.63. The van der Waals surface area contributed by atoms with Gasteiger partial charge in [0, 0.05) is 12.1 Å². The van der Waals surface area contributed by atoms with Crippen molar-refractivity contribution in [1.29, 1.82) is 0 Å². The van der Waals surface area contributed by atoms with Crippen LogP contribution in [-0.4, -0.2) is 12.2 Å². The van der Waals surface area contributed by atoms with E-state index in [0.717, 1.165) is 22.1 Å². The lowest BCUT2D eigenvalue weighted by molar-refractivity contribution is 0.461. The van der Waals surface area contributed by atoms with Crippen molar-refractivity contribution in [2.24, 2.45) is 0 Å². The molecule has 0 bridgehead atoms. The van der Waals surface area contributed by atoms with E-state index in [2.05, 4.69) is 34.0 Å². The number of fused-ring (bicyclic) bond motifs is 1. The van der Waals surface area contributed by atoms with E-state index < -0.39 is 0 Å². The second-order valence-corrected chi connectivity index (χ2v) is 4.80. The fourth-order valence-electron chi connectivity index (χ4n) is 2.06. The van der Waals surface area contributed by atoms with Gasteiger partial charge in [-0.05, 0) is 60.0 Å². The molecule has 0 amide bonds. The first-order valence-electron chi connectivity index (χ1n) is 4.90. The molecule has 0 unspecified atom stereocenters. The molecule has 0 heterocycles. The fourth-order valence-corrected chi connectivity index (χ4v) is 3.03. The average Bonchev–Trinajstić information content (AvgIpc) is 2.62. The van der Waals surface area contributed by atoms with Crippen LogP contribution in [0.25, 0.3) is 0 Å². The summed E-state index contributed by atoms with van der Waals surface area (Å²) >= 11 is 2.26. The number of nitrogens with one attached hydrogen (secondary N) is 1. The summed E-state index contributed by atoms with van der Waals surface area (Å²) in [7, 11) is 1.90. The van der Waals surface area contributed by atoms with E-state index in [9.17, 15) is 5.11 Å². The normalized spacial score (nSPS) is 14.4. The van der Waals surface area contributed by atoms with E-state index in [-0.39, 0.29) is 0 Å². The number of aryl methyl sites for hydroxylation is 1. The van der Waals surface area contributed by atoms with Gasteiger partial charge in [0.2, 0.25) is 0 Å². The summed E-state index contributed by atoms with van der Waals surface area (Å²) < 4.78 is 1.06. The number of hydrogen-bond donors (Lipinski definition) is 2. The molecule has 0 spiro atoms. The predicted molar refractivity (Wildman–Crippen MR) is 65.6 cm³/mol. The van der Waals surface area contributed by atoms with Crippen molar-refractivity contribution in [3.63, 3.8) is 0 Å². The second-order valence-electron chi connectivity index (χ2n) is 3.72. The Morgan fingerprint density at radius 3 is 3.00 bits per heavy atom. The van der Waals surface area contributed by atoms with Gasteiger partial charge in [0.15, 0.2) is 0 Å². The van der Waals surface area contributed by atoms with Gasteiger partial charge < -0.3 is 10.4 Å². The van der Waals surface area contributed by atoms with Crippen molar-refractivity contribution in [2.75, 3.05) is 7.05 Å². The van der Waals surface area contributed by atoms with E-state index >= 15 is 0 Å². The minimum atomic E-state index is 0.473. The first-order valence-corrected chi connectivity index (χ1v) is 5.98. The zero-order valence-electron chi connectivity index (χ0n) is 8.23. The molecule has 0 saturated heterocycles. The Labute approximate surface area is 97.9 Å². The quantitative estimate of drug-likeness (QED) is 0.821. The Morgan fingerprint density at radius 2 is 2.29 bits per heavy atom. The minimum absolute atomic E-state index is 0.473. The number of halogens is 1. The Kier molecular flexibility index (Phi) is 2.97. The van der Waals surface area contributed by atoms with Gasteiger partial charge in [0.25, 0.3) is 0 Å². The molecule has 0 aliphatic heterocycles. The smallest absolute Gasteiger partial charge is 0.133 e. The number of benzene rings is 1. The second kappa shape index (κ2) is 4.06. The molecule has 2 nitrogen and oxygen atoms in total. The maximum atomic E-state index is 9.95. The van der Waals surface area contributed by atoms with Gasteiger partial charge in [-0.15, -0.1) is 0 Å². The van der Waals surface area contributed by atoms with Crippen molar-refractivity contribution in [1.82, 2.24) is 5.32 Å². The Morgan fingerprint density at radius 1 is 1.50 bits per heavy atom. The monoisotopic (exact) mass is 303 g/mol. The molecular formula is C11H14INO. The molecule has 14 heavy (non-hydrogen) atoms. The predicted octanol–water partition coefficient (Wildman–Crippen LogP) is 2.20. The maximum absolute atomic E-state index is 9.95. The average molecular weight is 303 g/mol. The van der Waals surface area contributed by atoms with Crippen LogP contribution in [0.15, 0.2) is 6.07 Å². The standard InChI is InChI=1S/C11H14INO/c1-13-6-8-5-7-3-2-4-9(7)10(12)11(8)14/h5,13-14H,2-4,6H2,1H3. The van der Waals surface area contributed by atoms with Crippen LogP contribution in [0, 0.1) is 3.57 Å². The Balaban J connectivity index is 2.49. The van der Waals surface area contributed by atoms with Gasteiger partial charge in [-0.1, -0.05) is 6.07 Å². The molecule has 0 fully saturated rings. The summed E-state index contributed by atoms with van der Waals surface area (Å²) in [6.07, 6.45) is 3.52. The molecule has 1 aliphatic rings. The largest absolute Gasteiger partial charge is 0.506 e. The summed E-state index contributed by atoms with van der Waals surface area (Å²) in [5, 5.41) is 13.0. The van der Waals surface area contributed by atoms with Crippen LogP contribution >= 0.6 is 22.6 Å². The molecule has 76 valence electrons. The molecule has 3 heteroatoms. The highest BCUT2D eigenvalue weighted by atomic mass is 127. The minimum Gasteiger partial charge on any atom is -0.506 e. The summed E-state index contributed by atoms with van der Waals surface area (Å²) in [6.45, 7) is 0.745. The van der Waals surface area contributed by atoms with Crippen molar-refractivity contribution in [3.8, 4) is 5.75 Å². The molecule has 2 rings (SSSR count). The lowest BCUT2D eigenvalue weighted by Gasteiger charge is -2.10. The topological polar surface area (TPSA) is 32.3 Å². The number of phenols is 1. The highest BCUT2D eigenvalue weighted by Crippen LogP contribution is 2.35. The van der Waals surface area contributed by atoms with Crippen molar-refractivity contribution >= 4 is 22.6 Å². The van der Waals surface area contributed by atoms with Crippen LogP contribution in [0.2, 0.25) is 0 Å². The van der Waals surface area contributed by atoms with E-state index in [1.54, 1.807) is 0 Å². The van der Waals surface area contributed by atoms with Crippen molar-refractivity contribution < 1.29 is 5.11 Å². The van der Waals surface area contributed by atoms with E-state index in [4.69, 9.17) is 0 Å². The molecule has 0 atom stereocenters. The number of phenolic OH excluding ortho intramolecular Hbond substituents is 1. The fraction of sp³-hybridized carbons (Fsp3) is 0.455. The van der Waals surface area contributed by atoms with Gasteiger partial charge in [0.1, 0.15) is 5.75 Å². The molecular weight excluding hydrogens is 289 g/mol. The molecule has 1 aromatic rings. The highest BCUT2D eigenvalue weighted by molar-refractivity contribution is 14.1. The Hall–Kier alpha value is -0.290. The van der Waals surface area contributed by atoms with Gasteiger partial charge in [-0.3, -0.25) is 0 Å². The van der Waals surface area contributed by atoms with Crippen molar-refractivity contribution in [3.05, 3.63) is 26.3 Å². The summed E-state index contributed by atoms with van der Waals surface area (Å²) in [4.78, 5) is 0. The van der Waals surface area contributed by atoms with Crippen LogP contribution in [0.4, 0.5) is 0 Å². The lowest BCUT2D eigenvalue weighted by atomic mass is 10.1. The summed E-state index contributed by atoms with van der Waals surface area (Å²) in [6, 6.07) is 2.15. The Bertz CT molecular complexity index is 363. The number of rotatable bonds is 2. The molecule has 0 radical (unpaired) electrons. The van der Waals surface area contributed by atoms with E-state index in [1.165, 1.54) is 24.0 Å². The SMILES string of the molecule is CNCc1cc2c(c(I)c1O)CCC2. The summed E-state index contributed by atoms with van der Waals surface area (Å²) in [5.41, 5.74) is 3.82. The first kappa shape index (κ1) is 10.2. The number of hydrogen-bond acceptors (Lipinski definition) is 2. The molecule has 1 aliphatic carbocycles. The van der Waals surface area contributed by atoms with Gasteiger partial charge in [-0.25, -0.2) is 0 Å². The molecule has 2 N–H and O–H groups in total. The lowest BCUT2D eigenvalue weighted by Crippen LogP contribution is -2.06. The van der Waals surface area contributed by atoms with Crippen LogP contribution in [0.1, 0.15) is 23.1 Å². The number of aromatic hydroxyl groups is 1. The summed E-state index contributed by atoms with van der Waals surface area (Å²) in [5.74, 6) is 0.473.